The lowest BCUT2D eigenvalue weighted by molar-refractivity contribution is -0.137. The fourth-order valence-electron chi connectivity index (χ4n) is 2.82. The number of morpholine rings is 1. The number of benzene rings is 2. The number of methoxy groups -OCH3 is 1. The number of amides is 1. The average Bonchev–Trinajstić information content (AvgIpc) is 2.77. The number of allylic oxidation sites excluding steroid dienone is 1. The van der Waals surface area contributed by atoms with Crippen molar-refractivity contribution in [2.24, 2.45) is 0 Å². The fourth-order valence-corrected chi connectivity index (χ4v) is 2.82. The summed E-state index contributed by atoms with van der Waals surface area (Å²) in [7, 11) is 1.54. The van der Waals surface area contributed by atoms with Crippen LogP contribution >= 0.6 is 0 Å². The molecule has 1 fully saturated rings. The van der Waals surface area contributed by atoms with E-state index in [0.717, 1.165) is 5.56 Å². The maximum atomic E-state index is 12.2. The third-order valence-corrected chi connectivity index (χ3v) is 4.39. The molecule has 1 heterocycles. The molecular weight excluding hydrogens is 358 g/mol. The molecular formula is C22H23NO5. The number of ketones is 1. The van der Waals surface area contributed by atoms with Crippen LogP contribution in [0.25, 0.3) is 6.08 Å². The van der Waals surface area contributed by atoms with Crippen LogP contribution in [0.1, 0.15) is 15.9 Å². The number of carbonyl (C=O) groups excluding carboxylic acids is 2. The lowest BCUT2D eigenvalue weighted by Crippen LogP contribution is -2.43. The molecule has 0 bridgehead atoms. The second-order valence-electron chi connectivity index (χ2n) is 6.26. The maximum Gasteiger partial charge on any atom is 0.260 e. The van der Waals surface area contributed by atoms with Gasteiger partial charge < -0.3 is 19.1 Å². The molecule has 0 aliphatic carbocycles. The van der Waals surface area contributed by atoms with Crippen molar-refractivity contribution in [3.05, 3.63) is 65.7 Å². The summed E-state index contributed by atoms with van der Waals surface area (Å²) in [6.45, 7) is 2.21. The first-order valence-corrected chi connectivity index (χ1v) is 9.11. The Balaban J connectivity index is 1.62. The lowest BCUT2D eigenvalue weighted by atomic mass is 10.1. The Morgan fingerprint density at radius 2 is 1.82 bits per heavy atom. The van der Waals surface area contributed by atoms with Crippen molar-refractivity contribution >= 4 is 17.8 Å². The largest absolute Gasteiger partial charge is 0.493 e. The minimum absolute atomic E-state index is 0.0575. The van der Waals surface area contributed by atoms with E-state index in [9.17, 15) is 9.59 Å². The summed E-state index contributed by atoms with van der Waals surface area (Å²) in [6, 6.07) is 14.4. The number of ether oxygens (including phenoxy) is 3. The van der Waals surface area contributed by atoms with Gasteiger partial charge in [0.15, 0.2) is 23.9 Å². The zero-order chi connectivity index (χ0) is 19.8. The van der Waals surface area contributed by atoms with Crippen LogP contribution in [-0.2, 0) is 9.53 Å². The second-order valence-corrected chi connectivity index (χ2v) is 6.26. The van der Waals surface area contributed by atoms with Gasteiger partial charge in [0.05, 0.1) is 20.3 Å². The summed E-state index contributed by atoms with van der Waals surface area (Å²) in [5.74, 6) is 0.832. The van der Waals surface area contributed by atoms with E-state index in [1.807, 2.05) is 24.3 Å². The molecule has 28 heavy (non-hydrogen) atoms. The van der Waals surface area contributed by atoms with Crippen LogP contribution in [0.4, 0.5) is 0 Å². The second kappa shape index (κ2) is 9.71. The van der Waals surface area contributed by atoms with Gasteiger partial charge in [-0.3, -0.25) is 9.59 Å². The van der Waals surface area contributed by atoms with Crippen LogP contribution in [0.15, 0.2) is 54.6 Å². The molecule has 2 aromatic carbocycles. The molecule has 0 spiro atoms. The molecule has 1 aliphatic rings. The van der Waals surface area contributed by atoms with E-state index >= 15 is 0 Å². The van der Waals surface area contributed by atoms with Crippen molar-refractivity contribution in [1.82, 2.24) is 4.90 Å². The van der Waals surface area contributed by atoms with Gasteiger partial charge in [0, 0.05) is 18.7 Å². The quantitative estimate of drug-likeness (QED) is 0.545. The highest BCUT2D eigenvalue weighted by molar-refractivity contribution is 6.06. The number of hydrogen-bond donors (Lipinski definition) is 0. The van der Waals surface area contributed by atoms with Crippen molar-refractivity contribution < 1.29 is 23.8 Å². The number of nitrogens with zero attached hydrogens (tertiary/aromatic N) is 1. The average molecular weight is 381 g/mol. The van der Waals surface area contributed by atoms with Crippen molar-refractivity contribution in [2.45, 2.75) is 0 Å². The van der Waals surface area contributed by atoms with Crippen LogP contribution in [0.3, 0.4) is 0 Å². The Kier molecular flexibility index (Phi) is 6.81. The summed E-state index contributed by atoms with van der Waals surface area (Å²) < 4.78 is 16.3. The smallest absolute Gasteiger partial charge is 0.260 e. The first-order valence-electron chi connectivity index (χ1n) is 9.11. The van der Waals surface area contributed by atoms with Crippen molar-refractivity contribution in [3.63, 3.8) is 0 Å². The molecule has 1 saturated heterocycles. The monoisotopic (exact) mass is 381 g/mol. The number of rotatable bonds is 7. The van der Waals surface area contributed by atoms with E-state index in [-0.39, 0.29) is 18.3 Å². The van der Waals surface area contributed by atoms with Gasteiger partial charge in [0.2, 0.25) is 0 Å². The third kappa shape index (κ3) is 5.20. The summed E-state index contributed by atoms with van der Waals surface area (Å²) in [6.07, 6.45) is 3.24. The lowest BCUT2D eigenvalue weighted by Gasteiger charge is -2.26. The highest BCUT2D eigenvalue weighted by Gasteiger charge is 2.18. The van der Waals surface area contributed by atoms with Crippen molar-refractivity contribution in [2.75, 3.05) is 40.0 Å². The van der Waals surface area contributed by atoms with Crippen LogP contribution < -0.4 is 9.47 Å². The van der Waals surface area contributed by atoms with E-state index in [4.69, 9.17) is 14.2 Å². The third-order valence-electron chi connectivity index (χ3n) is 4.39. The Bertz CT molecular complexity index is 841. The fraction of sp³-hybridized carbons (Fsp3) is 0.273. The molecule has 6 nitrogen and oxygen atoms in total. The molecule has 3 rings (SSSR count). The molecule has 1 amide bonds. The van der Waals surface area contributed by atoms with Crippen molar-refractivity contribution in [3.8, 4) is 11.5 Å². The predicted molar refractivity (Wildman–Crippen MR) is 106 cm³/mol. The Morgan fingerprint density at radius 1 is 1.07 bits per heavy atom. The minimum Gasteiger partial charge on any atom is -0.493 e. The summed E-state index contributed by atoms with van der Waals surface area (Å²) >= 11 is 0. The van der Waals surface area contributed by atoms with Crippen LogP contribution in [0, 0.1) is 0 Å². The standard InChI is InChI=1S/C22H23NO5/c1-26-21-15-17(7-9-19(24)18-5-3-2-4-6-18)8-10-20(21)28-16-22(25)23-11-13-27-14-12-23/h2-10,15H,11-14,16H2,1H3/b9-7+. The predicted octanol–water partition coefficient (Wildman–Crippen LogP) is 2.83. The molecule has 146 valence electrons. The van der Waals surface area contributed by atoms with Crippen molar-refractivity contribution in [1.29, 1.82) is 0 Å². The SMILES string of the molecule is COc1cc(/C=C/C(=O)c2ccccc2)ccc1OCC(=O)N1CCOCC1. The summed E-state index contributed by atoms with van der Waals surface area (Å²) in [4.78, 5) is 26.1. The van der Waals surface area contributed by atoms with E-state index in [0.29, 0.717) is 43.4 Å². The van der Waals surface area contributed by atoms with Crippen LogP contribution in [0.2, 0.25) is 0 Å². The van der Waals surface area contributed by atoms with Gasteiger partial charge in [-0.25, -0.2) is 0 Å². The Labute approximate surface area is 164 Å². The Morgan fingerprint density at radius 3 is 2.54 bits per heavy atom. The van der Waals surface area contributed by atoms with Crippen LogP contribution in [-0.4, -0.2) is 56.6 Å². The topological polar surface area (TPSA) is 65.1 Å². The first kappa shape index (κ1) is 19.6. The van der Waals surface area contributed by atoms with E-state index < -0.39 is 0 Å². The van der Waals surface area contributed by atoms with Crippen LogP contribution in [0.5, 0.6) is 11.5 Å². The molecule has 0 atom stereocenters. The zero-order valence-corrected chi connectivity index (χ0v) is 15.8. The minimum atomic E-state index is -0.0808. The zero-order valence-electron chi connectivity index (χ0n) is 15.8. The number of carbonyl (C=O) groups is 2. The van der Waals surface area contributed by atoms with E-state index in [1.54, 1.807) is 35.2 Å². The summed E-state index contributed by atoms with van der Waals surface area (Å²) in [5.41, 5.74) is 1.43. The molecule has 2 aromatic rings. The molecule has 0 radical (unpaired) electrons. The number of hydrogen-bond acceptors (Lipinski definition) is 5. The molecule has 0 unspecified atom stereocenters. The first-order chi connectivity index (χ1) is 13.7. The molecule has 1 aliphatic heterocycles. The molecule has 6 heteroatoms. The van der Waals surface area contributed by atoms with E-state index in [2.05, 4.69) is 0 Å². The molecule has 0 saturated carbocycles. The highest BCUT2D eigenvalue weighted by Crippen LogP contribution is 2.28. The van der Waals surface area contributed by atoms with Gasteiger partial charge in [-0.15, -0.1) is 0 Å². The molecule has 0 N–H and O–H groups in total. The van der Waals surface area contributed by atoms with Gasteiger partial charge >= 0.3 is 0 Å². The summed E-state index contributed by atoms with van der Waals surface area (Å²) in [5, 5.41) is 0. The van der Waals surface area contributed by atoms with Gasteiger partial charge in [-0.2, -0.15) is 0 Å². The van der Waals surface area contributed by atoms with Gasteiger partial charge in [-0.05, 0) is 23.8 Å². The maximum absolute atomic E-state index is 12.2. The normalized spacial score (nSPS) is 14.1. The molecule has 0 aromatic heterocycles. The Hall–Kier alpha value is -3.12. The van der Waals surface area contributed by atoms with Gasteiger partial charge in [-0.1, -0.05) is 42.5 Å². The highest BCUT2D eigenvalue weighted by atomic mass is 16.5. The van der Waals surface area contributed by atoms with E-state index in [1.165, 1.54) is 13.2 Å². The van der Waals surface area contributed by atoms with Gasteiger partial charge in [0.1, 0.15) is 0 Å². The van der Waals surface area contributed by atoms with Gasteiger partial charge in [0.25, 0.3) is 5.91 Å².